The average molecular weight is 285 g/mol. The number of ether oxygens (including phenoxy) is 1. The molecule has 0 radical (unpaired) electrons. The number of nitrogens with one attached hydrogen (secondary N) is 1. The maximum atomic E-state index is 12.3. The van der Waals surface area contributed by atoms with E-state index >= 15 is 0 Å². The monoisotopic (exact) mass is 285 g/mol. The molecule has 0 aliphatic carbocycles. The third-order valence-electron chi connectivity index (χ3n) is 2.29. The predicted octanol–water partition coefficient (Wildman–Crippen LogP) is 0.922. The van der Waals surface area contributed by atoms with Crippen molar-refractivity contribution in [3.05, 3.63) is 29.3 Å². The van der Waals surface area contributed by atoms with E-state index in [1.807, 2.05) is 5.43 Å². The number of amides is 2. The third-order valence-corrected chi connectivity index (χ3v) is 2.29. The SMILES string of the molecule is C/C(=N/NC(=O)C(N)=O)c1cc(C)ccc1OC(F)F. The van der Waals surface area contributed by atoms with Crippen molar-refractivity contribution in [2.75, 3.05) is 0 Å². The van der Waals surface area contributed by atoms with Crippen molar-refractivity contribution in [2.45, 2.75) is 20.5 Å². The minimum absolute atomic E-state index is 0.0832. The van der Waals surface area contributed by atoms with E-state index < -0.39 is 18.4 Å². The topological polar surface area (TPSA) is 93.8 Å². The fraction of sp³-hybridized carbons (Fsp3) is 0.250. The molecule has 3 N–H and O–H groups in total. The Hall–Kier alpha value is -2.51. The lowest BCUT2D eigenvalue weighted by atomic mass is 10.1. The standard InChI is InChI=1S/C12H13F2N3O3/c1-6-3-4-9(20-12(13)14)8(5-6)7(2)16-17-11(19)10(15)18/h3-5,12H,1-2H3,(H2,15,18)(H,17,19)/b16-7-. The Balaban J connectivity index is 3.04. The molecule has 1 aromatic rings. The lowest BCUT2D eigenvalue weighted by molar-refractivity contribution is -0.137. The number of carbonyl (C=O) groups excluding carboxylic acids is 2. The number of hydrogen-bond acceptors (Lipinski definition) is 4. The van der Waals surface area contributed by atoms with Crippen LogP contribution in [0, 0.1) is 6.92 Å². The van der Waals surface area contributed by atoms with Crippen LogP contribution in [0.15, 0.2) is 23.3 Å². The van der Waals surface area contributed by atoms with Crippen molar-refractivity contribution in [3.8, 4) is 5.75 Å². The van der Waals surface area contributed by atoms with Crippen LogP contribution in [0.4, 0.5) is 8.78 Å². The first-order valence-electron chi connectivity index (χ1n) is 5.51. The fourth-order valence-corrected chi connectivity index (χ4v) is 1.38. The molecule has 2 amide bonds. The van der Waals surface area contributed by atoms with E-state index in [9.17, 15) is 18.4 Å². The van der Waals surface area contributed by atoms with E-state index in [-0.39, 0.29) is 17.0 Å². The number of hydrazone groups is 1. The summed E-state index contributed by atoms with van der Waals surface area (Å²) in [5.74, 6) is -2.39. The number of alkyl halides is 2. The number of benzene rings is 1. The number of hydrogen-bond donors (Lipinski definition) is 2. The van der Waals surface area contributed by atoms with Crippen LogP contribution in [0.1, 0.15) is 18.1 Å². The molecule has 0 atom stereocenters. The van der Waals surface area contributed by atoms with Crippen molar-refractivity contribution in [3.63, 3.8) is 0 Å². The summed E-state index contributed by atoms with van der Waals surface area (Å²) in [6.45, 7) is 0.240. The van der Waals surface area contributed by atoms with Crippen molar-refractivity contribution in [2.24, 2.45) is 10.8 Å². The van der Waals surface area contributed by atoms with Crippen LogP contribution >= 0.6 is 0 Å². The maximum Gasteiger partial charge on any atom is 0.387 e. The predicted molar refractivity (Wildman–Crippen MR) is 67.4 cm³/mol. The molecule has 0 spiro atoms. The third kappa shape index (κ3) is 4.30. The number of rotatable bonds is 4. The Morgan fingerprint density at radius 1 is 1.40 bits per heavy atom. The summed E-state index contributed by atoms with van der Waals surface area (Å²) < 4.78 is 28.9. The smallest absolute Gasteiger partial charge is 0.387 e. The van der Waals surface area contributed by atoms with Gasteiger partial charge in [-0.05, 0) is 26.0 Å². The Morgan fingerprint density at radius 3 is 2.60 bits per heavy atom. The van der Waals surface area contributed by atoms with Crippen LogP contribution in [0.2, 0.25) is 0 Å². The minimum atomic E-state index is -2.98. The molecule has 0 saturated heterocycles. The van der Waals surface area contributed by atoms with Crippen LogP contribution in [-0.4, -0.2) is 24.1 Å². The molecule has 1 rings (SSSR count). The molecule has 0 unspecified atom stereocenters. The Bertz CT molecular complexity index is 559. The van der Waals surface area contributed by atoms with Gasteiger partial charge in [0.1, 0.15) is 5.75 Å². The Morgan fingerprint density at radius 2 is 2.05 bits per heavy atom. The molecule has 8 heteroatoms. The van der Waals surface area contributed by atoms with Gasteiger partial charge in [0.05, 0.1) is 5.71 Å². The van der Waals surface area contributed by atoms with E-state index in [4.69, 9.17) is 5.73 Å². The molecule has 0 saturated carbocycles. The van der Waals surface area contributed by atoms with Crippen molar-refractivity contribution in [1.82, 2.24) is 5.43 Å². The summed E-state index contributed by atoms with van der Waals surface area (Å²) in [6, 6.07) is 4.52. The number of halogens is 2. The molecular formula is C12H13F2N3O3. The highest BCUT2D eigenvalue weighted by Crippen LogP contribution is 2.22. The summed E-state index contributed by atoms with van der Waals surface area (Å²) in [5.41, 5.74) is 7.90. The molecule has 6 nitrogen and oxygen atoms in total. The van der Waals surface area contributed by atoms with Gasteiger partial charge in [-0.3, -0.25) is 9.59 Å². The lowest BCUT2D eigenvalue weighted by Gasteiger charge is -2.11. The Labute approximate surface area is 113 Å². The van der Waals surface area contributed by atoms with Crippen LogP contribution in [0.25, 0.3) is 0 Å². The number of aryl methyl sites for hydroxylation is 1. The second-order valence-electron chi connectivity index (χ2n) is 3.88. The van der Waals surface area contributed by atoms with Gasteiger partial charge in [-0.1, -0.05) is 11.6 Å². The zero-order valence-electron chi connectivity index (χ0n) is 10.8. The number of primary amides is 1. The van der Waals surface area contributed by atoms with Crippen molar-refractivity contribution in [1.29, 1.82) is 0 Å². The second kappa shape index (κ2) is 6.60. The van der Waals surface area contributed by atoms with E-state index in [0.29, 0.717) is 0 Å². The Kier molecular flexibility index (Phi) is 5.13. The van der Waals surface area contributed by atoms with Gasteiger partial charge in [0, 0.05) is 5.56 Å². The highest BCUT2D eigenvalue weighted by molar-refractivity contribution is 6.34. The molecule has 0 fully saturated rings. The lowest BCUT2D eigenvalue weighted by Crippen LogP contribution is -2.33. The van der Waals surface area contributed by atoms with Gasteiger partial charge in [0.2, 0.25) is 0 Å². The molecule has 0 bridgehead atoms. The van der Waals surface area contributed by atoms with Gasteiger partial charge in [0.15, 0.2) is 0 Å². The molecular weight excluding hydrogens is 272 g/mol. The summed E-state index contributed by atoms with van der Waals surface area (Å²) in [5, 5.41) is 3.62. The van der Waals surface area contributed by atoms with Crippen LogP contribution in [0.5, 0.6) is 5.75 Å². The highest BCUT2D eigenvalue weighted by atomic mass is 19.3. The summed E-state index contributed by atoms with van der Waals surface area (Å²) in [6.07, 6.45) is 0. The van der Waals surface area contributed by atoms with E-state index in [2.05, 4.69) is 9.84 Å². The first-order valence-corrected chi connectivity index (χ1v) is 5.51. The summed E-state index contributed by atoms with van der Waals surface area (Å²) in [7, 11) is 0. The summed E-state index contributed by atoms with van der Waals surface area (Å²) >= 11 is 0. The number of carbonyl (C=O) groups is 2. The second-order valence-corrected chi connectivity index (χ2v) is 3.88. The zero-order valence-corrected chi connectivity index (χ0v) is 10.8. The quantitative estimate of drug-likeness (QED) is 0.489. The number of nitrogens with zero attached hydrogens (tertiary/aromatic N) is 1. The van der Waals surface area contributed by atoms with Crippen LogP contribution in [-0.2, 0) is 9.59 Å². The van der Waals surface area contributed by atoms with Gasteiger partial charge < -0.3 is 10.5 Å². The fourth-order valence-electron chi connectivity index (χ4n) is 1.38. The molecule has 108 valence electrons. The van der Waals surface area contributed by atoms with Gasteiger partial charge in [0.25, 0.3) is 0 Å². The molecule has 20 heavy (non-hydrogen) atoms. The van der Waals surface area contributed by atoms with Gasteiger partial charge in [-0.25, -0.2) is 5.43 Å². The first-order chi connectivity index (χ1) is 9.31. The van der Waals surface area contributed by atoms with Crippen LogP contribution in [0.3, 0.4) is 0 Å². The van der Waals surface area contributed by atoms with Crippen LogP contribution < -0.4 is 15.9 Å². The molecule has 1 aromatic carbocycles. The summed E-state index contributed by atoms with van der Waals surface area (Å²) in [4.78, 5) is 21.5. The molecule has 0 aliphatic heterocycles. The minimum Gasteiger partial charge on any atom is -0.434 e. The van der Waals surface area contributed by atoms with Crippen molar-refractivity contribution >= 4 is 17.5 Å². The normalized spacial score (nSPS) is 11.3. The maximum absolute atomic E-state index is 12.3. The zero-order chi connectivity index (χ0) is 15.3. The van der Waals surface area contributed by atoms with E-state index in [1.54, 1.807) is 19.1 Å². The van der Waals surface area contributed by atoms with Gasteiger partial charge >= 0.3 is 18.4 Å². The van der Waals surface area contributed by atoms with E-state index in [0.717, 1.165) is 5.56 Å². The van der Waals surface area contributed by atoms with E-state index in [1.165, 1.54) is 13.0 Å². The highest BCUT2D eigenvalue weighted by Gasteiger charge is 2.13. The first kappa shape index (κ1) is 15.5. The molecule has 0 aliphatic rings. The average Bonchev–Trinajstić information content (AvgIpc) is 2.36. The molecule has 0 aromatic heterocycles. The number of nitrogens with two attached hydrogens (primary N) is 1. The van der Waals surface area contributed by atoms with Crippen molar-refractivity contribution < 1.29 is 23.1 Å². The van der Waals surface area contributed by atoms with Gasteiger partial charge in [-0.2, -0.15) is 13.9 Å². The van der Waals surface area contributed by atoms with Gasteiger partial charge in [-0.15, -0.1) is 0 Å². The largest absolute Gasteiger partial charge is 0.434 e. The molecule has 0 heterocycles.